The van der Waals surface area contributed by atoms with Gasteiger partial charge in [-0.3, -0.25) is 9.59 Å². The maximum absolute atomic E-state index is 14.3. The second-order valence-electron chi connectivity index (χ2n) is 16.7. The third-order valence-corrected chi connectivity index (χ3v) is 14.3. The molecule has 62 heavy (non-hydrogen) atoms. The largest absolute Gasteiger partial charge is 0.507 e. The van der Waals surface area contributed by atoms with Crippen LogP contribution >= 0.6 is 22.7 Å². The highest BCUT2D eigenvalue weighted by Gasteiger charge is 2.43. The molecule has 0 aliphatic carbocycles. The van der Waals surface area contributed by atoms with E-state index in [2.05, 4.69) is 36.6 Å². The van der Waals surface area contributed by atoms with Crippen molar-refractivity contribution in [1.82, 2.24) is 35.5 Å². The fourth-order valence-corrected chi connectivity index (χ4v) is 10.6. The third-order valence-electron chi connectivity index (χ3n) is 12.2. The van der Waals surface area contributed by atoms with Crippen molar-refractivity contribution in [3.63, 3.8) is 0 Å². The van der Waals surface area contributed by atoms with Gasteiger partial charge in [-0.05, 0) is 86.1 Å². The average Bonchev–Trinajstić information content (AvgIpc) is 4.11. The number of aryl methyl sites for hydroxylation is 1. The number of para-hydroxylation sites is 1. The van der Waals surface area contributed by atoms with Crippen molar-refractivity contribution in [3.05, 3.63) is 112 Å². The number of phenolic OH excluding ortho intramolecular Hbond substituents is 1. The van der Waals surface area contributed by atoms with Gasteiger partial charge in [-0.2, -0.15) is 0 Å². The lowest BCUT2D eigenvalue weighted by Crippen LogP contribution is -2.48. The number of thiophene rings is 1. The first-order chi connectivity index (χ1) is 30.0. The lowest BCUT2D eigenvalue weighted by molar-refractivity contribution is -0.141. The molecule has 3 N–H and O–H groups in total. The molecule has 15 heteroatoms. The number of aromatic hydroxyl groups is 1. The maximum Gasteiger partial charge on any atom is 0.243 e. The number of thiazole rings is 1. The second kappa shape index (κ2) is 17.4. The Kier molecular flexibility index (Phi) is 11.6. The first kappa shape index (κ1) is 41.3. The van der Waals surface area contributed by atoms with Gasteiger partial charge in [0.25, 0.3) is 0 Å². The summed E-state index contributed by atoms with van der Waals surface area (Å²) in [5.41, 5.74) is 7.47. The van der Waals surface area contributed by atoms with E-state index in [0.717, 1.165) is 69.2 Å². The number of β-amino-alcohol motifs (C(OH)–C–C–N with tert-alkyl or cyclic N) is 1. The lowest BCUT2D eigenvalue weighted by Gasteiger charge is -2.32. The number of piperidine rings is 1. The summed E-state index contributed by atoms with van der Waals surface area (Å²) in [4.78, 5) is 44.3. The van der Waals surface area contributed by atoms with E-state index >= 15 is 0 Å². The average molecular weight is 869 g/mol. The number of nitrogens with one attached hydrogen (secondary N) is 1. The summed E-state index contributed by atoms with van der Waals surface area (Å²) in [6.45, 7) is 9.55. The number of rotatable bonds is 11. The van der Waals surface area contributed by atoms with Crippen LogP contribution in [-0.4, -0.2) is 84.0 Å². The fourth-order valence-electron chi connectivity index (χ4n) is 8.70. The number of aromatic nitrogens is 5. The van der Waals surface area contributed by atoms with Crippen molar-refractivity contribution in [1.29, 1.82) is 0 Å². The summed E-state index contributed by atoms with van der Waals surface area (Å²) < 4.78 is 5.85. The van der Waals surface area contributed by atoms with Gasteiger partial charge in [0.15, 0.2) is 0 Å². The number of aliphatic hydroxyl groups is 1. The topological polar surface area (TPSA) is 171 Å². The van der Waals surface area contributed by atoms with Gasteiger partial charge in [0.2, 0.25) is 11.8 Å². The number of aliphatic hydroxyl groups excluding tert-OH is 1. The van der Waals surface area contributed by atoms with Gasteiger partial charge < -0.3 is 29.9 Å². The first-order valence-corrected chi connectivity index (χ1v) is 22.7. The zero-order valence-corrected chi connectivity index (χ0v) is 36.6. The first-order valence-electron chi connectivity index (χ1n) is 21.0. The van der Waals surface area contributed by atoms with Crippen LogP contribution in [-0.2, 0) is 9.59 Å². The van der Waals surface area contributed by atoms with Crippen LogP contribution in [0.25, 0.3) is 43.2 Å². The Balaban J connectivity index is 0.824. The van der Waals surface area contributed by atoms with Gasteiger partial charge in [-0.25, -0.2) is 9.97 Å². The highest BCUT2D eigenvalue weighted by molar-refractivity contribution is 7.18. The molecular formula is C47H48N8O5S2. The molecule has 2 amide bonds. The van der Waals surface area contributed by atoms with Crippen LogP contribution < -0.4 is 10.2 Å². The standard InChI is InChI=1S/C47H48N8O5S2/c1-26(2)43(47(59)55-24-34(56)21-38(55)45(58)50-27(3)29-9-11-31(12-10-29)44-28(4)49-25-61-44)40-22-36(53-60-40)32-13-14-42(48-23-32)54-17-15-30(16-18-54)41-20-33-19-37(51-52-46(33)62-41)35-7-5-6-8-39(35)57/h5-14,19-20,22-23,25-27,30,34,38,43,56-57H,15-18,21,24H2,1-4H3,(H,50,58)/t27-,34+,38-,43+/m0/s1. The predicted molar refractivity (Wildman–Crippen MR) is 241 cm³/mol. The zero-order valence-electron chi connectivity index (χ0n) is 34.9. The normalized spacial score (nSPS) is 18.1. The molecule has 318 valence electrons. The third kappa shape index (κ3) is 8.31. The molecule has 9 rings (SSSR count). The van der Waals surface area contributed by atoms with Gasteiger partial charge in [-0.15, -0.1) is 32.9 Å². The molecule has 13 nitrogen and oxygen atoms in total. The van der Waals surface area contributed by atoms with Crippen LogP contribution in [0.4, 0.5) is 5.82 Å². The van der Waals surface area contributed by atoms with Crippen molar-refractivity contribution >= 4 is 50.5 Å². The monoisotopic (exact) mass is 868 g/mol. The quantitative estimate of drug-likeness (QED) is 0.114. The van der Waals surface area contributed by atoms with Crippen molar-refractivity contribution in [2.24, 2.45) is 5.92 Å². The van der Waals surface area contributed by atoms with E-state index in [-0.39, 0.29) is 42.5 Å². The predicted octanol–water partition coefficient (Wildman–Crippen LogP) is 8.51. The Morgan fingerprint density at radius 1 is 0.919 bits per heavy atom. The van der Waals surface area contributed by atoms with E-state index in [1.165, 1.54) is 9.78 Å². The van der Waals surface area contributed by atoms with E-state index in [1.54, 1.807) is 47.1 Å². The highest BCUT2D eigenvalue weighted by atomic mass is 32.1. The van der Waals surface area contributed by atoms with Crippen LogP contribution in [0.3, 0.4) is 0 Å². The number of phenols is 1. The molecule has 0 spiro atoms. The van der Waals surface area contributed by atoms with Gasteiger partial charge >= 0.3 is 0 Å². The highest BCUT2D eigenvalue weighted by Crippen LogP contribution is 2.39. The minimum atomic E-state index is -0.826. The van der Waals surface area contributed by atoms with E-state index < -0.39 is 18.1 Å². The number of anilines is 1. The Morgan fingerprint density at radius 3 is 2.40 bits per heavy atom. The molecule has 2 aromatic carbocycles. The van der Waals surface area contributed by atoms with Crippen LogP contribution in [0.15, 0.2) is 95.1 Å². The molecule has 2 aliphatic rings. The second-order valence-corrected chi connectivity index (χ2v) is 18.6. The number of likely N-dealkylation sites (tertiary alicyclic amines) is 1. The number of benzene rings is 2. The summed E-state index contributed by atoms with van der Waals surface area (Å²) in [6, 6.07) is 24.1. The van der Waals surface area contributed by atoms with Gasteiger partial charge in [0.05, 0.1) is 33.9 Å². The molecule has 7 aromatic rings. The molecule has 0 saturated carbocycles. The molecule has 5 aromatic heterocycles. The van der Waals surface area contributed by atoms with Crippen LogP contribution in [0.1, 0.15) is 79.8 Å². The molecule has 2 fully saturated rings. The number of hydrogen-bond acceptors (Lipinski definition) is 13. The lowest BCUT2D eigenvalue weighted by atomic mass is 9.91. The number of amides is 2. The Hall–Kier alpha value is -6.03. The molecule has 4 atom stereocenters. The van der Waals surface area contributed by atoms with E-state index in [9.17, 15) is 19.8 Å². The molecule has 0 bridgehead atoms. The number of hydrogen-bond donors (Lipinski definition) is 3. The Morgan fingerprint density at radius 2 is 1.69 bits per heavy atom. The molecule has 0 unspecified atom stereocenters. The number of carbonyl (C=O) groups is 2. The number of carbonyl (C=O) groups excluding carboxylic acids is 2. The van der Waals surface area contributed by atoms with E-state index in [0.29, 0.717) is 28.6 Å². The minimum Gasteiger partial charge on any atom is -0.507 e. The minimum absolute atomic E-state index is 0.0571. The van der Waals surface area contributed by atoms with Crippen LogP contribution in [0, 0.1) is 12.8 Å². The molecule has 0 radical (unpaired) electrons. The molecule has 2 aliphatic heterocycles. The van der Waals surface area contributed by atoms with Crippen molar-refractivity contribution in [2.75, 3.05) is 24.5 Å². The smallest absolute Gasteiger partial charge is 0.243 e. The van der Waals surface area contributed by atoms with Crippen molar-refractivity contribution < 1.29 is 24.3 Å². The Labute approximate surface area is 367 Å². The molecular weight excluding hydrogens is 821 g/mol. The maximum atomic E-state index is 14.3. The number of pyridine rings is 1. The van der Waals surface area contributed by atoms with Gasteiger partial charge in [-0.1, -0.05) is 55.4 Å². The van der Waals surface area contributed by atoms with Crippen molar-refractivity contribution in [2.45, 2.75) is 77.0 Å². The van der Waals surface area contributed by atoms with Crippen LogP contribution in [0.2, 0.25) is 0 Å². The van der Waals surface area contributed by atoms with E-state index in [1.807, 2.05) is 87.8 Å². The zero-order chi connectivity index (χ0) is 43.1. The summed E-state index contributed by atoms with van der Waals surface area (Å²) in [5.74, 6) is 0.404. The number of nitrogens with zero attached hydrogens (tertiary/aromatic N) is 7. The summed E-state index contributed by atoms with van der Waals surface area (Å²) in [5, 5.41) is 38.4. The Bertz CT molecular complexity index is 2700. The molecule has 7 heterocycles. The summed E-state index contributed by atoms with van der Waals surface area (Å²) in [6.07, 6.45) is 3.07. The van der Waals surface area contributed by atoms with E-state index in [4.69, 9.17) is 9.51 Å². The summed E-state index contributed by atoms with van der Waals surface area (Å²) in [7, 11) is 0. The summed E-state index contributed by atoms with van der Waals surface area (Å²) >= 11 is 3.28. The SMILES string of the molecule is Cc1ncsc1-c1ccc([C@H](C)NC(=O)[C@@H]2C[C@@H](O)CN2C(=O)[C@@H](c2cc(-c3ccc(N4CCC(c5cc6cc(-c7ccccc7O)nnc6s5)CC4)nc3)no2)C(C)C)cc1. The van der Waals surface area contributed by atoms with Crippen LogP contribution in [0.5, 0.6) is 5.75 Å². The fraction of sp³-hybridized carbons (Fsp3) is 0.340. The van der Waals surface area contributed by atoms with Gasteiger partial charge in [0.1, 0.15) is 39.8 Å². The molecule has 2 saturated heterocycles. The number of fused-ring (bicyclic) bond motifs is 1. The van der Waals surface area contributed by atoms with Crippen molar-refractivity contribution in [3.8, 4) is 38.7 Å². The van der Waals surface area contributed by atoms with Gasteiger partial charge in [0, 0.05) is 59.7 Å².